The molecule has 0 radical (unpaired) electrons. The number of ether oxygens (including phenoxy) is 1. The van der Waals surface area contributed by atoms with Gasteiger partial charge in [-0.15, -0.1) is 23.1 Å². The first-order chi connectivity index (χ1) is 23.3. The molecule has 244 valence electrons. The Morgan fingerprint density at radius 3 is 2.46 bits per heavy atom. The molecule has 2 aliphatic heterocycles. The summed E-state index contributed by atoms with van der Waals surface area (Å²) in [5, 5.41) is 15.8. The predicted octanol–water partition coefficient (Wildman–Crippen LogP) is 4.06. The first-order valence-corrected chi connectivity index (χ1v) is 17.2. The monoisotopic (exact) mass is 701 g/mol. The van der Waals surface area contributed by atoms with Gasteiger partial charge in [0.05, 0.1) is 6.20 Å². The van der Waals surface area contributed by atoms with Crippen molar-refractivity contribution < 1.29 is 28.8 Å². The van der Waals surface area contributed by atoms with Crippen molar-refractivity contribution in [2.24, 2.45) is 5.16 Å². The van der Waals surface area contributed by atoms with Crippen LogP contribution in [0.15, 0.2) is 99.6 Å². The van der Waals surface area contributed by atoms with Gasteiger partial charge >= 0.3 is 11.9 Å². The van der Waals surface area contributed by atoms with Crippen LogP contribution in [0, 0.1) is 0 Å². The van der Waals surface area contributed by atoms with Gasteiger partial charge in [0.25, 0.3) is 11.8 Å². The van der Waals surface area contributed by atoms with Crippen LogP contribution in [0.2, 0.25) is 0 Å². The smallest absolute Gasteiger partial charge is 0.356 e. The van der Waals surface area contributed by atoms with Crippen molar-refractivity contribution in [1.29, 1.82) is 0 Å². The summed E-state index contributed by atoms with van der Waals surface area (Å²) >= 11 is 3.74. The highest BCUT2D eigenvalue weighted by atomic mass is 32.2. The van der Waals surface area contributed by atoms with E-state index < -0.39 is 41.3 Å². The average molecular weight is 702 g/mol. The number of oxime groups is 1. The third-order valence-electron chi connectivity index (χ3n) is 7.08. The van der Waals surface area contributed by atoms with E-state index in [0.717, 1.165) is 35.0 Å². The van der Waals surface area contributed by atoms with E-state index in [-0.39, 0.29) is 22.2 Å². The summed E-state index contributed by atoms with van der Waals surface area (Å²) in [5.74, 6) is -2.41. The van der Waals surface area contributed by atoms with E-state index in [2.05, 4.69) is 25.7 Å². The van der Waals surface area contributed by atoms with Gasteiger partial charge in [0.15, 0.2) is 16.9 Å². The molecule has 1 saturated heterocycles. The first kappa shape index (κ1) is 32.7. The van der Waals surface area contributed by atoms with Crippen molar-refractivity contribution in [3.8, 4) is 0 Å². The Morgan fingerprint density at radius 1 is 1.15 bits per heavy atom. The van der Waals surface area contributed by atoms with Gasteiger partial charge in [-0.25, -0.2) is 14.6 Å². The molecule has 0 saturated carbocycles. The van der Waals surface area contributed by atoms with Crippen LogP contribution in [0.4, 0.5) is 5.13 Å². The minimum absolute atomic E-state index is 0.0799. The second kappa shape index (κ2) is 14.7. The maximum atomic E-state index is 14.2. The lowest BCUT2D eigenvalue weighted by Gasteiger charge is -2.49. The van der Waals surface area contributed by atoms with Crippen LogP contribution in [-0.2, 0) is 28.8 Å². The van der Waals surface area contributed by atoms with Gasteiger partial charge in [0, 0.05) is 34.7 Å². The van der Waals surface area contributed by atoms with Crippen molar-refractivity contribution in [1.82, 2.24) is 25.4 Å². The van der Waals surface area contributed by atoms with Gasteiger partial charge in [0.2, 0.25) is 0 Å². The molecule has 0 bridgehead atoms. The molecule has 2 aliphatic rings. The molecule has 13 nitrogen and oxygen atoms in total. The van der Waals surface area contributed by atoms with Crippen LogP contribution in [0.5, 0.6) is 0 Å². The zero-order chi connectivity index (χ0) is 33.6. The fourth-order valence-electron chi connectivity index (χ4n) is 4.89. The number of amides is 2. The van der Waals surface area contributed by atoms with E-state index in [4.69, 9.17) is 15.3 Å². The lowest BCUT2D eigenvalue weighted by Crippen LogP contribution is -2.71. The second-order valence-corrected chi connectivity index (χ2v) is 13.3. The number of rotatable bonds is 11. The number of β-lactam (4-membered cyclic amide) rings is 1. The first-order valence-electron chi connectivity index (χ1n) is 14.4. The molecule has 4 N–H and O–H groups in total. The van der Waals surface area contributed by atoms with E-state index >= 15 is 0 Å². The maximum Gasteiger partial charge on any atom is 0.356 e. The van der Waals surface area contributed by atoms with Gasteiger partial charge in [0.1, 0.15) is 22.8 Å². The minimum atomic E-state index is -1.02. The molecule has 2 amide bonds. The van der Waals surface area contributed by atoms with Gasteiger partial charge in [-0.2, -0.15) is 5.10 Å². The zero-order valence-electron chi connectivity index (χ0n) is 25.1. The SMILES string of the molecule is CC(=O)O/N=C(\C(=O)N[C@@H]1C(=O)N2C(C(=O)OC(c3ccccc3)c3ccccc3)=C(S/C=C/c3cn[nH]c3)CS[C@H]12)c1csc(N)n1. The van der Waals surface area contributed by atoms with Gasteiger partial charge in [-0.3, -0.25) is 19.6 Å². The fourth-order valence-corrected chi connectivity index (χ4v) is 7.79. The Labute approximate surface area is 286 Å². The van der Waals surface area contributed by atoms with Crippen LogP contribution in [0.1, 0.15) is 35.4 Å². The van der Waals surface area contributed by atoms with Crippen molar-refractivity contribution >= 4 is 75.5 Å². The number of carbonyl (C=O) groups excluding carboxylic acids is 4. The summed E-state index contributed by atoms with van der Waals surface area (Å²) in [4.78, 5) is 63.5. The topological polar surface area (TPSA) is 182 Å². The molecule has 6 rings (SSSR count). The summed E-state index contributed by atoms with van der Waals surface area (Å²) < 4.78 is 6.19. The predicted molar refractivity (Wildman–Crippen MR) is 183 cm³/mol. The summed E-state index contributed by atoms with van der Waals surface area (Å²) in [6.07, 6.45) is 4.46. The highest BCUT2D eigenvalue weighted by Crippen LogP contribution is 2.45. The number of aromatic nitrogens is 3. The molecule has 4 heterocycles. The largest absolute Gasteiger partial charge is 0.448 e. The number of esters is 1. The van der Waals surface area contributed by atoms with Crippen molar-refractivity contribution in [3.63, 3.8) is 0 Å². The molecule has 2 atom stereocenters. The molecule has 0 aliphatic carbocycles. The van der Waals surface area contributed by atoms with Crippen molar-refractivity contribution in [3.05, 3.63) is 117 Å². The number of nitrogens with two attached hydrogens (primary N) is 1. The molecule has 2 aromatic heterocycles. The Kier molecular flexibility index (Phi) is 10.0. The van der Waals surface area contributed by atoms with Crippen LogP contribution in [0.25, 0.3) is 6.08 Å². The number of fused-ring (bicyclic) bond motifs is 1. The van der Waals surface area contributed by atoms with Crippen LogP contribution >= 0.6 is 34.9 Å². The quantitative estimate of drug-likeness (QED) is 0.0674. The number of carbonyl (C=O) groups is 4. The molecule has 2 aromatic carbocycles. The van der Waals surface area contributed by atoms with Crippen molar-refractivity contribution in [2.75, 3.05) is 11.5 Å². The number of anilines is 1. The average Bonchev–Trinajstić information content (AvgIpc) is 3.78. The molecule has 48 heavy (non-hydrogen) atoms. The highest BCUT2D eigenvalue weighted by Gasteiger charge is 2.55. The second-order valence-electron chi connectivity index (χ2n) is 10.3. The number of thioether (sulfide) groups is 2. The van der Waals surface area contributed by atoms with Crippen molar-refractivity contribution in [2.45, 2.75) is 24.4 Å². The van der Waals surface area contributed by atoms with E-state index in [1.807, 2.05) is 66.7 Å². The molecular formula is C32H27N7O6S3. The zero-order valence-corrected chi connectivity index (χ0v) is 27.6. The summed E-state index contributed by atoms with van der Waals surface area (Å²) in [5.41, 5.74) is 7.93. The van der Waals surface area contributed by atoms with Gasteiger partial charge in [-0.05, 0) is 22.6 Å². The number of aromatic amines is 1. The number of nitrogens with one attached hydrogen (secondary N) is 2. The molecule has 0 spiro atoms. The molecule has 4 aromatic rings. The molecule has 1 fully saturated rings. The highest BCUT2D eigenvalue weighted by molar-refractivity contribution is 8.08. The summed E-state index contributed by atoms with van der Waals surface area (Å²) in [6, 6.07) is 17.6. The fraction of sp³-hybridized carbons (Fsp3) is 0.156. The number of thiazole rings is 1. The minimum Gasteiger partial charge on any atom is -0.448 e. The van der Waals surface area contributed by atoms with Gasteiger partial charge < -0.3 is 20.6 Å². The molecule has 0 unspecified atom stereocenters. The molecular weight excluding hydrogens is 675 g/mol. The van der Waals surface area contributed by atoms with Crippen LogP contribution in [0.3, 0.4) is 0 Å². The lowest BCUT2D eigenvalue weighted by atomic mass is 10.0. The maximum absolute atomic E-state index is 14.2. The summed E-state index contributed by atoms with van der Waals surface area (Å²) in [6.45, 7) is 1.13. The number of H-pyrrole nitrogens is 1. The number of hydrogen-bond acceptors (Lipinski definition) is 13. The normalized spacial score (nSPS) is 17.7. The lowest BCUT2D eigenvalue weighted by molar-refractivity contribution is -0.154. The third-order valence-corrected chi connectivity index (χ3v) is 10.1. The number of benzene rings is 2. The number of hydrogen-bond donors (Lipinski definition) is 3. The number of nitrogens with zero attached hydrogens (tertiary/aromatic N) is 4. The van der Waals surface area contributed by atoms with Crippen LogP contribution in [-0.4, -0.2) is 66.7 Å². The Balaban J connectivity index is 1.28. The number of nitrogen functional groups attached to an aromatic ring is 1. The molecule has 16 heteroatoms. The van der Waals surface area contributed by atoms with Crippen LogP contribution < -0.4 is 11.1 Å². The summed E-state index contributed by atoms with van der Waals surface area (Å²) in [7, 11) is 0. The van der Waals surface area contributed by atoms with E-state index in [0.29, 0.717) is 10.7 Å². The van der Waals surface area contributed by atoms with Gasteiger partial charge in [-0.1, -0.05) is 77.6 Å². The Hall–Kier alpha value is -5.19. The van der Waals surface area contributed by atoms with E-state index in [1.165, 1.54) is 33.8 Å². The Morgan fingerprint density at radius 2 is 1.85 bits per heavy atom. The Bertz CT molecular complexity index is 1870. The van der Waals surface area contributed by atoms with E-state index in [9.17, 15) is 19.2 Å². The standard InChI is InChI=1S/C32H27N7O6S3/c1-18(40)45-38-24(22-16-48-32(33)36-22)28(41)37-25-29(42)39-26(23(17-47-30(25)39)46-13-12-19-14-34-35-15-19)31(43)44-27(20-8-4-2-5-9-20)21-10-6-3-7-11-21/h2-16,25,27,30H,17H2,1H3,(H2,33,36)(H,34,35)(H,37,41)/b13-12+,38-24-/t25-,30-/m1/s1. The third kappa shape index (κ3) is 7.20. The van der Waals surface area contributed by atoms with E-state index in [1.54, 1.807) is 17.8 Å².